The molecule has 2 nitrogen and oxygen atoms in total. The zero-order valence-electron chi connectivity index (χ0n) is 11.4. The van der Waals surface area contributed by atoms with Crippen LogP contribution in [0.25, 0.3) is 0 Å². The van der Waals surface area contributed by atoms with Crippen molar-refractivity contribution in [1.29, 1.82) is 0 Å². The molecular weight excluding hydrogens is 279 g/mol. The van der Waals surface area contributed by atoms with Gasteiger partial charge in [0.25, 0.3) is 0 Å². The third kappa shape index (κ3) is 3.25. The van der Waals surface area contributed by atoms with Crippen molar-refractivity contribution in [3.63, 3.8) is 0 Å². The predicted molar refractivity (Wildman–Crippen MR) is 82.5 cm³/mol. The van der Waals surface area contributed by atoms with Gasteiger partial charge in [-0.05, 0) is 48.8 Å². The second-order valence-electron chi connectivity index (χ2n) is 5.58. The molecule has 19 heavy (non-hydrogen) atoms. The van der Waals surface area contributed by atoms with Crippen molar-refractivity contribution in [2.75, 3.05) is 0 Å². The predicted octanol–water partition coefficient (Wildman–Crippen LogP) is 4.34. The van der Waals surface area contributed by atoms with E-state index >= 15 is 0 Å². The Bertz CT molecular complexity index is 428. The molecule has 1 atom stereocenters. The highest BCUT2D eigenvalue weighted by atomic mass is 35.5. The van der Waals surface area contributed by atoms with Crippen LogP contribution in [0.1, 0.15) is 44.6 Å². The van der Waals surface area contributed by atoms with E-state index in [-0.39, 0.29) is 6.04 Å². The molecule has 1 aromatic carbocycles. The van der Waals surface area contributed by atoms with Crippen molar-refractivity contribution in [3.8, 4) is 0 Å². The fourth-order valence-electron chi connectivity index (χ4n) is 3.39. The number of hydrazine groups is 1. The number of halogens is 2. The van der Waals surface area contributed by atoms with Crippen LogP contribution >= 0.6 is 23.2 Å². The summed E-state index contributed by atoms with van der Waals surface area (Å²) in [6.45, 7) is 2.26. The van der Waals surface area contributed by atoms with E-state index in [4.69, 9.17) is 29.0 Å². The maximum absolute atomic E-state index is 6.27. The normalized spacial score (nSPS) is 19.6. The van der Waals surface area contributed by atoms with Gasteiger partial charge < -0.3 is 0 Å². The van der Waals surface area contributed by atoms with Crippen molar-refractivity contribution in [2.45, 2.75) is 51.5 Å². The average Bonchev–Trinajstić information content (AvgIpc) is 2.88. The smallest absolute Gasteiger partial charge is 0.0453 e. The molecule has 0 aliphatic heterocycles. The van der Waals surface area contributed by atoms with E-state index < -0.39 is 0 Å². The topological polar surface area (TPSA) is 38.0 Å². The highest BCUT2D eigenvalue weighted by Crippen LogP contribution is 2.44. The van der Waals surface area contributed by atoms with E-state index in [2.05, 4.69) is 12.3 Å². The Morgan fingerprint density at radius 3 is 2.53 bits per heavy atom. The molecule has 3 N–H and O–H groups in total. The van der Waals surface area contributed by atoms with E-state index in [1.54, 1.807) is 6.07 Å². The van der Waals surface area contributed by atoms with Crippen molar-refractivity contribution < 1.29 is 0 Å². The number of hydrogen-bond donors (Lipinski definition) is 2. The van der Waals surface area contributed by atoms with Crippen LogP contribution in [0.15, 0.2) is 18.2 Å². The zero-order valence-corrected chi connectivity index (χ0v) is 12.9. The molecule has 0 bridgehead atoms. The standard InChI is InChI=1S/C15H22Cl2N2/c1-2-15(7-3-4-8-15)14(19-18)9-11-5-6-12(16)10-13(11)17/h5-6,10,14,19H,2-4,7-9,18H2,1H3. The molecule has 1 unspecified atom stereocenters. The molecule has 0 heterocycles. The summed E-state index contributed by atoms with van der Waals surface area (Å²) < 4.78 is 0. The van der Waals surface area contributed by atoms with Crippen molar-refractivity contribution in [3.05, 3.63) is 33.8 Å². The van der Waals surface area contributed by atoms with Crippen LogP contribution in [0.3, 0.4) is 0 Å². The van der Waals surface area contributed by atoms with Gasteiger partial charge in [-0.3, -0.25) is 11.3 Å². The van der Waals surface area contributed by atoms with Gasteiger partial charge in [0.1, 0.15) is 0 Å². The molecule has 0 aromatic heterocycles. The Morgan fingerprint density at radius 1 is 1.32 bits per heavy atom. The van der Waals surface area contributed by atoms with Gasteiger partial charge in [0, 0.05) is 16.1 Å². The first-order valence-electron chi connectivity index (χ1n) is 7.01. The monoisotopic (exact) mass is 300 g/mol. The Labute approximate surface area is 125 Å². The Kier molecular flexibility index (Phi) is 5.13. The van der Waals surface area contributed by atoms with Crippen LogP contribution in [0, 0.1) is 5.41 Å². The molecule has 2 rings (SSSR count). The highest BCUT2D eigenvalue weighted by Gasteiger charge is 2.39. The van der Waals surface area contributed by atoms with Crippen molar-refractivity contribution >= 4 is 23.2 Å². The number of nitrogens with two attached hydrogens (primary N) is 1. The third-order valence-corrected chi connectivity index (χ3v) is 5.27. The van der Waals surface area contributed by atoms with Crippen molar-refractivity contribution in [1.82, 2.24) is 5.43 Å². The van der Waals surface area contributed by atoms with Gasteiger partial charge in [0.2, 0.25) is 0 Å². The lowest BCUT2D eigenvalue weighted by Gasteiger charge is -2.36. The van der Waals surface area contributed by atoms with Crippen LogP contribution in [-0.4, -0.2) is 6.04 Å². The van der Waals surface area contributed by atoms with E-state index in [1.807, 2.05) is 12.1 Å². The van der Waals surface area contributed by atoms with Gasteiger partial charge >= 0.3 is 0 Å². The maximum Gasteiger partial charge on any atom is 0.0453 e. The largest absolute Gasteiger partial charge is 0.271 e. The summed E-state index contributed by atoms with van der Waals surface area (Å²) in [6.07, 6.45) is 7.14. The highest BCUT2D eigenvalue weighted by molar-refractivity contribution is 6.35. The molecule has 106 valence electrons. The van der Waals surface area contributed by atoms with E-state index in [0.29, 0.717) is 10.4 Å². The molecule has 1 aliphatic rings. The van der Waals surface area contributed by atoms with Gasteiger partial charge in [-0.25, -0.2) is 0 Å². The quantitative estimate of drug-likeness (QED) is 0.627. The second kappa shape index (κ2) is 6.45. The van der Waals surface area contributed by atoms with E-state index in [1.165, 1.54) is 25.7 Å². The molecule has 4 heteroatoms. The van der Waals surface area contributed by atoms with Gasteiger partial charge in [0.15, 0.2) is 0 Å². The number of nitrogens with one attached hydrogen (secondary N) is 1. The van der Waals surface area contributed by atoms with E-state index in [9.17, 15) is 0 Å². The van der Waals surface area contributed by atoms with Gasteiger partial charge in [0.05, 0.1) is 0 Å². The molecule has 0 radical (unpaired) electrons. The first-order valence-corrected chi connectivity index (χ1v) is 7.77. The van der Waals surface area contributed by atoms with Crippen molar-refractivity contribution in [2.24, 2.45) is 11.3 Å². The molecule has 0 spiro atoms. The second-order valence-corrected chi connectivity index (χ2v) is 6.43. The minimum atomic E-state index is 0.277. The summed E-state index contributed by atoms with van der Waals surface area (Å²) in [6, 6.07) is 5.98. The minimum Gasteiger partial charge on any atom is -0.271 e. The molecule has 1 fully saturated rings. The number of hydrogen-bond acceptors (Lipinski definition) is 2. The van der Waals surface area contributed by atoms with Gasteiger partial charge in [-0.15, -0.1) is 0 Å². The van der Waals surface area contributed by atoms with Crippen LogP contribution in [0.4, 0.5) is 0 Å². The van der Waals surface area contributed by atoms with Crippen LogP contribution in [0.2, 0.25) is 10.0 Å². The lowest BCUT2D eigenvalue weighted by Crippen LogP contribution is -2.48. The summed E-state index contributed by atoms with van der Waals surface area (Å²) in [5.74, 6) is 5.82. The summed E-state index contributed by atoms with van der Waals surface area (Å²) in [5, 5.41) is 1.41. The summed E-state index contributed by atoms with van der Waals surface area (Å²) in [4.78, 5) is 0. The molecular formula is C15H22Cl2N2. The average molecular weight is 301 g/mol. The van der Waals surface area contributed by atoms with Gasteiger partial charge in [-0.2, -0.15) is 0 Å². The maximum atomic E-state index is 6.27. The summed E-state index contributed by atoms with van der Waals surface area (Å²) in [5.41, 5.74) is 4.47. The molecule has 1 saturated carbocycles. The lowest BCUT2D eigenvalue weighted by atomic mass is 9.74. The molecule has 1 aromatic rings. The van der Waals surface area contributed by atoms with Crippen LogP contribution < -0.4 is 11.3 Å². The Hall–Kier alpha value is -0.280. The first-order chi connectivity index (χ1) is 9.11. The Balaban J connectivity index is 2.18. The molecule has 0 amide bonds. The van der Waals surface area contributed by atoms with Gasteiger partial charge in [-0.1, -0.05) is 49.0 Å². The number of rotatable bonds is 5. The molecule has 0 saturated heterocycles. The SMILES string of the molecule is CCC1(C(Cc2ccc(Cl)cc2Cl)NN)CCCC1. The Morgan fingerprint density at radius 2 is 2.00 bits per heavy atom. The summed E-state index contributed by atoms with van der Waals surface area (Å²) >= 11 is 12.2. The fourth-order valence-corrected chi connectivity index (χ4v) is 3.87. The minimum absolute atomic E-state index is 0.277. The third-order valence-electron chi connectivity index (χ3n) is 4.68. The summed E-state index contributed by atoms with van der Waals surface area (Å²) in [7, 11) is 0. The van der Waals surface area contributed by atoms with Crippen LogP contribution in [0.5, 0.6) is 0 Å². The zero-order chi connectivity index (χ0) is 13.9. The molecule has 1 aliphatic carbocycles. The fraction of sp³-hybridized carbons (Fsp3) is 0.600. The lowest BCUT2D eigenvalue weighted by molar-refractivity contribution is 0.185. The van der Waals surface area contributed by atoms with E-state index in [0.717, 1.165) is 23.4 Å². The number of benzene rings is 1. The first kappa shape index (κ1) is 15.1. The van der Waals surface area contributed by atoms with Crippen LogP contribution in [-0.2, 0) is 6.42 Å².